The highest BCUT2D eigenvalue weighted by molar-refractivity contribution is 5.80. The van der Waals surface area contributed by atoms with Gasteiger partial charge in [0.15, 0.2) is 0 Å². The maximum absolute atomic E-state index is 11.4. The Morgan fingerprint density at radius 2 is 2.21 bits per heavy atom. The summed E-state index contributed by atoms with van der Waals surface area (Å²) in [6.45, 7) is 6.22. The summed E-state index contributed by atoms with van der Waals surface area (Å²) >= 11 is 0. The van der Waals surface area contributed by atoms with Crippen LogP contribution < -0.4 is 0 Å². The van der Waals surface area contributed by atoms with Crippen molar-refractivity contribution in [2.75, 3.05) is 13.1 Å². The average molecular weight is 197 g/mol. The van der Waals surface area contributed by atoms with Crippen LogP contribution in [0.2, 0.25) is 0 Å². The molecule has 1 aliphatic rings. The molecule has 0 aliphatic carbocycles. The van der Waals surface area contributed by atoms with Crippen LogP contribution in [0.5, 0.6) is 0 Å². The van der Waals surface area contributed by atoms with Gasteiger partial charge in [-0.15, -0.1) is 6.58 Å². The van der Waals surface area contributed by atoms with Gasteiger partial charge < -0.3 is 10.0 Å². The molecule has 4 nitrogen and oxygen atoms in total. The number of carboxylic acid groups (broad SMARTS) is 1. The first-order valence-electron chi connectivity index (χ1n) is 4.67. The summed E-state index contributed by atoms with van der Waals surface area (Å²) in [5.41, 5.74) is 0. The number of rotatable bonds is 3. The van der Waals surface area contributed by atoms with Crippen LogP contribution in [0, 0.1) is 11.8 Å². The van der Waals surface area contributed by atoms with Gasteiger partial charge in [0.25, 0.3) is 0 Å². The summed E-state index contributed by atoms with van der Waals surface area (Å²) in [5.74, 6) is -1.22. The second kappa shape index (κ2) is 4.26. The predicted octanol–water partition coefficient (Wildman–Crippen LogP) is 0.742. The smallest absolute Gasteiger partial charge is 0.308 e. The SMILES string of the molecule is C=CCC(=O)N1CC(C)C(C(=O)O)C1. The van der Waals surface area contributed by atoms with Crippen LogP contribution in [-0.4, -0.2) is 35.0 Å². The quantitative estimate of drug-likeness (QED) is 0.679. The molecule has 1 aliphatic heterocycles. The number of likely N-dealkylation sites (tertiary alicyclic amines) is 1. The zero-order chi connectivity index (χ0) is 10.7. The lowest BCUT2D eigenvalue weighted by Gasteiger charge is -2.14. The van der Waals surface area contributed by atoms with Gasteiger partial charge in [-0.25, -0.2) is 0 Å². The van der Waals surface area contributed by atoms with E-state index in [4.69, 9.17) is 5.11 Å². The molecule has 0 aromatic rings. The molecule has 1 N–H and O–H groups in total. The molecule has 1 fully saturated rings. The monoisotopic (exact) mass is 197 g/mol. The molecule has 78 valence electrons. The Morgan fingerprint density at radius 1 is 1.57 bits per heavy atom. The fourth-order valence-corrected chi connectivity index (χ4v) is 1.74. The van der Waals surface area contributed by atoms with Crippen molar-refractivity contribution in [1.82, 2.24) is 4.90 Å². The summed E-state index contributed by atoms with van der Waals surface area (Å²) in [7, 11) is 0. The molecule has 1 saturated heterocycles. The average Bonchev–Trinajstić information content (AvgIpc) is 2.48. The predicted molar refractivity (Wildman–Crippen MR) is 51.7 cm³/mol. The minimum atomic E-state index is -0.814. The second-order valence-corrected chi connectivity index (χ2v) is 3.71. The van der Waals surface area contributed by atoms with Crippen molar-refractivity contribution in [3.63, 3.8) is 0 Å². The highest BCUT2D eigenvalue weighted by Crippen LogP contribution is 2.23. The number of aliphatic carboxylic acids is 1. The first-order valence-corrected chi connectivity index (χ1v) is 4.67. The molecule has 0 bridgehead atoms. The maximum Gasteiger partial charge on any atom is 0.308 e. The maximum atomic E-state index is 11.4. The third-order valence-corrected chi connectivity index (χ3v) is 2.60. The van der Waals surface area contributed by atoms with E-state index in [0.717, 1.165) is 0 Å². The minimum absolute atomic E-state index is 0.0319. The van der Waals surface area contributed by atoms with Crippen LogP contribution in [0.25, 0.3) is 0 Å². The number of carbonyl (C=O) groups excluding carboxylic acids is 1. The van der Waals surface area contributed by atoms with Crippen molar-refractivity contribution in [2.45, 2.75) is 13.3 Å². The third kappa shape index (κ3) is 2.13. The highest BCUT2D eigenvalue weighted by Gasteiger charge is 2.36. The number of carbonyl (C=O) groups is 2. The van der Waals surface area contributed by atoms with Gasteiger partial charge in [0.2, 0.25) is 5.91 Å². The Balaban J connectivity index is 2.58. The molecule has 0 aromatic heterocycles. The number of carboxylic acids is 1. The van der Waals surface area contributed by atoms with E-state index < -0.39 is 11.9 Å². The van der Waals surface area contributed by atoms with E-state index in [1.165, 1.54) is 0 Å². The minimum Gasteiger partial charge on any atom is -0.481 e. The van der Waals surface area contributed by atoms with Gasteiger partial charge in [-0.05, 0) is 5.92 Å². The van der Waals surface area contributed by atoms with Crippen molar-refractivity contribution in [1.29, 1.82) is 0 Å². The lowest BCUT2D eigenvalue weighted by Crippen LogP contribution is -2.29. The highest BCUT2D eigenvalue weighted by atomic mass is 16.4. The van der Waals surface area contributed by atoms with Crippen LogP contribution in [-0.2, 0) is 9.59 Å². The standard InChI is InChI=1S/C10H15NO3/c1-3-4-9(12)11-5-7(2)8(6-11)10(13)14/h3,7-8H,1,4-6H2,2H3,(H,13,14). The number of hydrogen-bond acceptors (Lipinski definition) is 2. The molecule has 0 spiro atoms. The Bertz CT molecular complexity index is 262. The van der Waals surface area contributed by atoms with E-state index in [1.54, 1.807) is 11.0 Å². The molecule has 0 saturated carbocycles. The molecule has 1 rings (SSSR count). The van der Waals surface area contributed by atoms with E-state index in [0.29, 0.717) is 19.5 Å². The fourth-order valence-electron chi connectivity index (χ4n) is 1.74. The zero-order valence-corrected chi connectivity index (χ0v) is 8.27. The number of hydrogen-bond donors (Lipinski definition) is 1. The topological polar surface area (TPSA) is 57.6 Å². The summed E-state index contributed by atoms with van der Waals surface area (Å²) in [4.78, 5) is 23.8. The summed E-state index contributed by atoms with van der Waals surface area (Å²) in [6, 6.07) is 0. The molecular formula is C10H15NO3. The molecule has 4 heteroatoms. The molecule has 0 radical (unpaired) electrons. The normalized spacial score (nSPS) is 26.2. The van der Waals surface area contributed by atoms with Crippen molar-refractivity contribution in [3.05, 3.63) is 12.7 Å². The lowest BCUT2D eigenvalue weighted by atomic mass is 9.99. The van der Waals surface area contributed by atoms with Crippen molar-refractivity contribution < 1.29 is 14.7 Å². The van der Waals surface area contributed by atoms with Crippen molar-refractivity contribution >= 4 is 11.9 Å². The van der Waals surface area contributed by atoms with E-state index >= 15 is 0 Å². The Hall–Kier alpha value is -1.32. The first-order chi connectivity index (χ1) is 6.56. The molecule has 0 aromatic carbocycles. The summed E-state index contributed by atoms with van der Waals surface area (Å²) in [5, 5.41) is 8.85. The summed E-state index contributed by atoms with van der Waals surface area (Å²) in [6.07, 6.45) is 1.83. The van der Waals surface area contributed by atoms with Crippen LogP contribution >= 0.6 is 0 Å². The van der Waals surface area contributed by atoms with Crippen LogP contribution in [0.4, 0.5) is 0 Å². The first kappa shape index (κ1) is 10.8. The summed E-state index contributed by atoms with van der Waals surface area (Å²) < 4.78 is 0. The van der Waals surface area contributed by atoms with Crippen molar-refractivity contribution in [2.24, 2.45) is 11.8 Å². The van der Waals surface area contributed by atoms with Gasteiger partial charge in [0.05, 0.1) is 5.92 Å². The Morgan fingerprint density at radius 3 is 2.64 bits per heavy atom. The molecule has 1 heterocycles. The van der Waals surface area contributed by atoms with Gasteiger partial charge in [0.1, 0.15) is 0 Å². The number of nitrogens with zero attached hydrogens (tertiary/aromatic N) is 1. The Kier molecular flexibility index (Phi) is 3.28. The molecule has 2 atom stereocenters. The van der Waals surface area contributed by atoms with E-state index in [9.17, 15) is 9.59 Å². The van der Waals surface area contributed by atoms with Crippen molar-refractivity contribution in [3.8, 4) is 0 Å². The number of amides is 1. The van der Waals surface area contributed by atoms with Gasteiger partial charge >= 0.3 is 5.97 Å². The molecular weight excluding hydrogens is 182 g/mol. The lowest BCUT2D eigenvalue weighted by molar-refractivity contribution is -0.142. The van der Waals surface area contributed by atoms with E-state index in [2.05, 4.69) is 6.58 Å². The third-order valence-electron chi connectivity index (χ3n) is 2.60. The Labute approximate surface area is 83.2 Å². The molecule has 2 unspecified atom stereocenters. The second-order valence-electron chi connectivity index (χ2n) is 3.71. The fraction of sp³-hybridized carbons (Fsp3) is 0.600. The van der Waals surface area contributed by atoms with Gasteiger partial charge in [0, 0.05) is 19.5 Å². The molecule has 14 heavy (non-hydrogen) atoms. The van der Waals surface area contributed by atoms with E-state index in [-0.39, 0.29) is 11.8 Å². The molecule has 1 amide bonds. The zero-order valence-electron chi connectivity index (χ0n) is 8.27. The van der Waals surface area contributed by atoms with Crippen LogP contribution in [0.15, 0.2) is 12.7 Å². The van der Waals surface area contributed by atoms with Gasteiger partial charge in [-0.3, -0.25) is 9.59 Å². The van der Waals surface area contributed by atoms with E-state index in [1.807, 2.05) is 6.92 Å². The van der Waals surface area contributed by atoms with Gasteiger partial charge in [-0.1, -0.05) is 13.0 Å². The largest absolute Gasteiger partial charge is 0.481 e. The van der Waals surface area contributed by atoms with Gasteiger partial charge in [-0.2, -0.15) is 0 Å². The van der Waals surface area contributed by atoms with Crippen LogP contribution in [0.1, 0.15) is 13.3 Å². The van der Waals surface area contributed by atoms with Crippen LogP contribution in [0.3, 0.4) is 0 Å².